The molecule has 0 saturated carbocycles. The van der Waals surface area contributed by atoms with Crippen molar-refractivity contribution >= 4 is 5.91 Å². The molecule has 2 rings (SSSR count). The molecule has 1 aromatic heterocycles. The van der Waals surface area contributed by atoms with Gasteiger partial charge in [-0.1, -0.05) is 12.1 Å². The Labute approximate surface area is 121 Å². The second-order valence-corrected chi connectivity index (χ2v) is 4.19. The highest BCUT2D eigenvalue weighted by molar-refractivity contribution is 5.93. The highest BCUT2D eigenvalue weighted by Crippen LogP contribution is 2.11. The van der Waals surface area contributed by atoms with Gasteiger partial charge in [0.2, 0.25) is 0 Å². The molecule has 0 unspecified atom stereocenters. The lowest BCUT2D eigenvalue weighted by atomic mass is 10.2. The van der Waals surface area contributed by atoms with Crippen molar-refractivity contribution in [1.29, 1.82) is 5.26 Å². The Balaban J connectivity index is 1.94. The number of hydrogen-bond donors (Lipinski definition) is 2. The lowest BCUT2D eigenvalue weighted by Gasteiger charge is -2.06. The summed E-state index contributed by atoms with van der Waals surface area (Å²) in [4.78, 5) is 25.8. The van der Waals surface area contributed by atoms with E-state index in [1.165, 1.54) is 12.3 Å². The number of ether oxygens (including phenoxy) is 1. The number of aromatic amines is 1. The van der Waals surface area contributed by atoms with Crippen LogP contribution in [0, 0.1) is 11.3 Å². The number of amides is 1. The Bertz CT molecular complexity index is 714. The van der Waals surface area contributed by atoms with E-state index >= 15 is 0 Å². The first-order valence-electron chi connectivity index (χ1n) is 6.25. The molecule has 0 radical (unpaired) electrons. The SMILES string of the molecule is N#CCOc1ccc(CNC(=O)c2ccc[nH]c2=O)cc1. The van der Waals surface area contributed by atoms with Crippen LogP contribution in [0.2, 0.25) is 0 Å². The molecule has 0 bridgehead atoms. The average Bonchev–Trinajstić information content (AvgIpc) is 2.52. The fourth-order valence-electron chi connectivity index (χ4n) is 1.70. The molecule has 21 heavy (non-hydrogen) atoms. The first-order chi connectivity index (χ1) is 10.2. The van der Waals surface area contributed by atoms with Gasteiger partial charge in [0.1, 0.15) is 17.4 Å². The van der Waals surface area contributed by atoms with Crippen LogP contribution < -0.4 is 15.6 Å². The molecule has 6 nitrogen and oxygen atoms in total. The van der Waals surface area contributed by atoms with Crippen LogP contribution >= 0.6 is 0 Å². The average molecular weight is 283 g/mol. The van der Waals surface area contributed by atoms with Gasteiger partial charge in [-0.3, -0.25) is 9.59 Å². The van der Waals surface area contributed by atoms with Crippen molar-refractivity contribution in [3.05, 3.63) is 64.1 Å². The number of nitrogens with one attached hydrogen (secondary N) is 2. The molecule has 1 heterocycles. The Morgan fingerprint density at radius 3 is 2.71 bits per heavy atom. The van der Waals surface area contributed by atoms with E-state index in [-0.39, 0.29) is 12.2 Å². The zero-order chi connectivity index (χ0) is 15.1. The number of nitriles is 1. The number of carbonyl (C=O) groups excluding carboxylic acids is 1. The summed E-state index contributed by atoms with van der Waals surface area (Å²) in [6, 6.07) is 11.9. The summed E-state index contributed by atoms with van der Waals surface area (Å²) in [5, 5.41) is 11.1. The Hall–Kier alpha value is -3.07. The van der Waals surface area contributed by atoms with Crippen LogP contribution in [-0.2, 0) is 6.54 Å². The van der Waals surface area contributed by atoms with Crippen LogP contribution in [0.25, 0.3) is 0 Å². The monoisotopic (exact) mass is 283 g/mol. The normalized spacial score (nSPS) is 9.67. The van der Waals surface area contributed by atoms with Gasteiger partial charge in [-0.15, -0.1) is 0 Å². The first-order valence-corrected chi connectivity index (χ1v) is 6.25. The minimum Gasteiger partial charge on any atom is -0.479 e. The van der Waals surface area contributed by atoms with E-state index in [0.717, 1.165) is 5.56 Å². The van der Waals surface area contributed by atoms with Crippen molar-refractivity contribution in [2.24, 2.45) is 0 Å². The van der Waals surface area contributed by atoms with Crippen LogP contribution in [0.5, 0.6) is 5.75 Å². The molecule has 0 saturated heterocycles. The van der Waals surface area contributed by atoms with E-state index in [1.807, 2.05) is 6.07 Å². The molecule has 0 atom stereocenters. The van der Waals surface area contributed by atoms with E-state index in [9.17, 15) is 9.59 Å². The van der Waals surface area contributed by atoms with Crippen LogP contribution in [-0.4, -0.2) is 17.5 Å². The lowest BCUT2D eigenvalue weighted by molar-refractivity contribution is 0.0949. The maximum absolute atomic E-state index is 11.9. The van der Waals surface area contributed by atoms with E-state index in [4.69, 9.17) is 10.00 Å². The minimum atomic E-state index is -0.429. The number of nitrogens with zero attached hydrogens (tertiary/aromatic N) is 1. The van der Waals surface area contributed by atoms with Gasteiger partial charge in [0, 0.05) is 12.7 Å². The number of carbonyl (C=O) groups is 1. The van der Waals surface area contributed by atoms with Crippen LogP contribution in [0.1, 0.15) is 15.9 Å². The lowest BCUT2D eigenvalue weighted by Crippen LogP contribution is -2.28. The summed E-state index contributed by atoms with van der Waals surface area (Å²) in [7, 11) is 0. The van der Waals surface area contributed by atoms with Gasteiger partial charge in [0.15, 0.2) is 6.61 Å². The number of H-pyrrole nitrogens is 1. The molecule has 0 fully saturated rings. The zero-order valence-electron chi connectivity index (χ0n) is 11.1. The minimum absolute atomic E-state index is 0.00708. The van der Waals surface area contributed by atoms with Gasteiger partial charge in [-0.25, -0.2) is 0 Å². The molecule has 0 aliphatic heterocycles. The van der Waals surface area contributed by atoms with Crippen molar-refractivity contribution in [3.63, 3.8) is 0 Å². The number of rotatable bonds is 5. The molecular weight excluding hydrogens is 270 g/mol. The third kappa shape index (κ3) is 3.94. The first kappa shape index (κ1) is 14.3. The van der Waals surface area contributed by atoms with E-state index < -0.39 is 11.5 Å². The molecule has 0 spiro atoms. The Kier molecular flexibility index (Phi) is 4.72. The summed E-state index contributed by atoms with van der Waals surface area (Å²) in [5.74, 6) is 0.160. The van der Waals surface area contributed by atoms with Crippen molar-refractivity contribution in [3.8, 4) is 11.8 Å². The largest absolute Gasteiger partial charge is 0.479 e. The van der Waals surface area contributed by atoms with Crippen LogP contribution in [0.4, 0.5) is 0 Å². The Morgan fingerprint density at radius 2 is 2.05 bits per heavy atom. The van der Waals surface area contributed by atoms with Gasteiger partial charge in [0.05, 0.1) is 0 Å². The van der Waals surface area contributed by atoms with Gasteiger partial charge in [-0.05, 0) is 29.8 Å². The number of aromatic nitrogens is 1. The second kappa shape index (κ2) is 6.91. The molecule has 106 valence electrons. The third-order valence-electron chi connectivity index (χ3n) is 2.74. The fourth-order valence-corrected chi connectivity index (χ4v) is 1.70. The van der Waals surface area contributed by atoms with Gasteiger partial charge < -0.3 is 15.0 Å². The fraction of sp³-hybridized carbons (Fsp3) is 0.133. The summed E-state index contributed by atoms with van der Waals surface area (Å²) in [6.45, 7) is 0.290. The third-order valence-corrected chi connectivity index (χ3v) is 2.74. The van der Waals surface area contributed by atoms with Gasteiger partial charge >= 0.3 is 0 Å². The predicted octanol–water partition coefficient (Wildman–Crippen LogP) is 1.21. The van der Waals surface area contributed by atoms with Crippen molar-refractivity contribution in [2.75, 3.05) is 6.61 Å². The van der Waals surface area contributed by atoms with E-state index in [2.05, 4.69) is 10.3 Å². The summed E-state index contributed by atoms with van der Waals surface area (Å²) < 4.78 is 5.13. The molecule has 2 N–H and O–H groups in total. The maximum atomic E-state index is 11.9. The highest BCUT2D eigenvalue weighted by Gasteiger charge is 2.08. The highest BCUT2D eigenvalue weighted by atomic mass is 16.5. The summed E-state index contributed by atoms with van der Waals surface area (Å²) in [5.41, 5.74) is 0.516. The number of benzene rings is 1. The summed E-state index contributed by atoms with van der Waals surface area (Å²) >= 11 is 0. The van der Waals surface area contributed by atoms with Gasteiger partial charge in [-0.2, -0.15) is 5.26 Å². The zero-order valence-corrected chi connectivity index (χ0v) is 11.1. The smallest absolute Gasteiger partial charge is 0.260 e. The Morgan fingerprint density at radius 1 is 1.29 bits per heavy atom. The maximum Gasteiger partial charge on any atom is 0.260 e. The molecule has 0 aliphatic rings. The van der Waals surface area contributed by atoms with Crippen LogP contribution in [0.3, 0.4) is 0 Å². The number of hydrogen-bond acceptors (Lipinski definition) is 4. The molecule has 0 aliphatic carbocycles. The van der Waals surface area contributed by atoms with Crippen molar-refractivity contribution in [2.45, 2.75) is 6.54 Å². The second-order valence-electron chi connectivity index (χ2n) is 4.19. The predicted molar refractivity (Wildman–Crippen MR) is 75.8 cm³/mol. The quantitative estimate of drug-likeness (QED) is 0.862. The van der Waals surface area contributed by atoms with Crippen molar-refractivity contribution < 1.29 is 9.53 Å². The van der Waals surface area contributed by atoms with E-state index in [1.54, 1.807) is 30.3 Å². The standard InChI is InChI=1S/C15H13N3O3/c16-7-9-21-12-5-3-11(4-6-12)10-18-15(20)13-2-1-8-17-14(13)19/h1-6,8H,9-10H2,(H,17,19)(H,18,20). The van der Waals surface area contributed by atoms with Gasteiger partial charge in [0.25, 0.3) is 11.5 Å². The molecule has 1 amide bonds. The molecule has 6 heteroatoms. The van der Waals surface area contributed by atoms with Crippen molar-refractivity contribution in [1.82, 2.24) is 10.3 Å². The van der Waals surface area contributed by atoms with Crippen LogP contribution in [0.15, 0.2) is 47.4 Å². The molecule has 1 aromatic carbocycles. The topological polar surface area (TPSA) is 95.0 Å². The summed E-state index contributed by atoms with van der Waals surface area (Å²) in [6.07, 6.45) is 1.47. The number of pyridine rings is 1. The molecule has 2 aromatic rings. The molecular formula is C15H13N3O3. The van der Waals surface area contributed by atoms with E-state index in [0.29, 0.717) is 12.3 Å².